The van der Waals surface area contributed by atoms with Crippen LogP contribution < -0.4 is 10.1 Å². The molecule has 0 radical (unpaired) electrons. The Labute approximate surface area is 106 Å². The summed E-state index contributed by atoms with van der Waals surface area (Å²) in [6.45, 7) is 3.16. The molecule has 0 heterocycles. The second-order valence-electron chi connectivity index (χ2n) is 3.82. The van der Waals surface area contributed by atoms with Gasteiger partial charge in [-0.25, -0.2) is 0 Å². The fraction of sp³-hybridized carbons (Fsp3) is 0.385. The van der Waals surface area contributed by atoms with E-state index in [1.54, 1.807) is 7.11 Å². The first-order valence-corrected chi connectivity index (χ1v) is 5.60. The summed E-state index contributed by atoms with van der Waals surface area (Å²) in [5, 5.41) is 2.68. The van der Waals surface area contributed by atoms with Crippen LogP contribution in [0.5, 0.6) is 5.75 Å². The van der Waals surface area contributed by atoms with E-state index in [1.165, 1.54) is 13.8 Å². The maximum absolute atomic E-state index is 11.6. The summed E-state index contributed by atoms with van der Waals surface area (Å²) in [4.78, 5) is 22.3. The Morgan fingerprint density at radius 1 is 1.39 bits per heavy atom. The summed E-state index contributed by atoms with van der Waals surface area (Å²) in [5.41, 5.74) is 0.915. The molecular formula is C13H17NO4. The lowest BCUT2D eigenvalue weighted by atomic mass is 10.2. The van der Waals surface area contributed by atoms with Crippen molar-refractivity contribution in [1.29, 1.82) is 0 Å². The van der Waals surface area contributed by atoms with Crippen molar-refractivity contribution in [3.05, 3.63) is 29.8 Å². The highest BCUT2D eigenvalue weighted by Gasteiger charge is 2.14. The number of hydrogen-bond acceptors (Lipinski definition) is 4. The Bertz CT molecular complexity index is 431. The third kappa shape index (κ3) is 4.45. The molecule has 18 heavy (non-hydrogen) atoms. The Hall–Kier alpha value is -2.04. The number of hydrogen-bond donors (Lipinski definition) is 1. The molecule has 0 unspecified atom stereocenters. The zero-order valence-electron chi connectivity index (χ0n) is 10.7. The van der Waals surface area contributed by atoms with Crippen molar-refractivity contribution in [3.63, 3.8) is 0 Å². The van der Waals surface area contributed by atoms with Crippen LogP contribution in [0, 0.1) is 0 Å². The molecular weight excluding hydrogens is 234 g/mol. The van der Waals surface area contributed by atoms with Crippen LogP contribution in [0.3, 0.4) is 0 Å². The van der Waals surface area contributed by atoms with Gasteiger partial charge in [-0.2, -0.15) is 0 Å². The van der Waals surface area contributed by atoms with Gasteiger partial charge < -0.3 is 14.8 Å². The molecule has 1 rings (SSSR count). The molecule has 1 amide bonds. The highest BCUT2D eigenvalue weighted by atomic mass is 16.5. The van der Waals surface area contributed by atoms with Gasteiger partial charge in [0.2, 0.25) is 0 Å². The monoisotopic (exact) mass is 251 g/mol. The van der Waals surface area contributed by atoms with Crippen molar-refractivity contribution in [1.82, 2.24) is 5.32 Å². The van der Waals surface area contributed by atoms with Crippen LogP contribution in [0.2, 0.25) is 0 Å². The minimum absolute atomic E-state index is 0.326. The number of rotatable bonds is 5. The van der Waals surface area contributed by atoms with Crippen molar-refractivity contribution in [2.75, 3.05) is 7.11 Å². The Morgan fingerprint density at radius 3 is 2.72 bits per heavy atom. The van der Waals surface area contributed by atoms with Crippen LogP contribution in [0.25, 0.3) is 0 Å². The topological polar surface area (TPSA) is 64.6 Å². The van der Waals surface area contributed by atoms with Crippen molar-refractivity contribution in [2.45, 2.75) is 26.5 Å². The van der Waals surface area contributed by atoms with Gasteiger partial charge >= 0.3 is 5.97 Å². The quantitative estimate of drug-likeness (QED) is 0.800. The maximum atomic E-state index is 11.6. The molecule has 1 atom stereocenters. The molecule has 0 aromatic heterocycles. The number of nitrogens with one attached hydrogen (secondary N) is 1. The fourth-order valence-corrected chi connectivity index (χ4v) is 1.42. The zero-order chi connectivity index (χ0) is 13.5. The molecule has 98 valence electrons. The molecule has 1 N–H and O–H groups in total. The first-order valence-electron chi connectivity index (χ1n) is 5.60. The van der Waals surface area contributed by atoms with Gasteiger partial charge in [0.1, 0.15) is 5.75 Å². The molecule has 0 bridgehead atoms. The van der Waals surface area contributed by atoms with E-state index in [1.807, 2.05) is 24.3 Å². The van der Waals surface area contributed by atoms with Crippen molar-refractivity contribution >= 4 is 11.9 Å². The minimum atomic E-state index is -0.784. The van der Waals surface area contributed by atoms with Gasteiger partial charge in [-0.05, 0) is 24.6 Å². The summed E-state index contributed by atoms with van der Waals surface area (Å²) < 4.78 is 9.85. The second kappa shape index (κ2) is 6.64. The molecule has 1 aromatic rings. The number of amides is 1. The van der Waals surface area contributed by atoms with Crippen LogP contribution in [-0.4, -0.2) is 25.1 Å². The van der Waals surface area contributed by atoms with E-state index in [2.05, 4.69) is 5.32 Å². The van der Waals surface area contributed by atoms with Gasteiger partial charge in [0, 0.05) is 13.5 Å². The summed E-state index contributed by atoms with van der Waals surface area (Å²) >= 11 is 0. The smallest absolute Gasteiger partial charge is 0.303 e. The molecule has 1 aromatic carbocycles. The van der Waals surface area contributed by atoms with Crippen LogP contribution in [-0.2, 0) is 20.9 Å². The number of carbonyl (C=O) groups is 2. The number of benzene rings is 1. The van der Waals surface area contributed by atoms with Gasteiger partial charge in [-0.3, -0.25) is 9.59 Å². The predicted molar refractivity (Wildman–Crippen MR) is 66.1 cm³/mol. The molecule has 5 nitrogen and oxygen atoms in total. The number of methoxy groups -OCH3 is 1. The normalized spacial score (nSPS) is 11.5. The maximum Gasteiger partial charge on any atom is 0.303 e. The lowest BCUT2D eigenvalue weighted by molar-refractivity contribution is -0.152. The van der Waals surface area contributed by atoms with E-state index in [0.717, 1.165) is 11.3 Å². The van der Waals surface area contributed by atoms with Crippen LogP contribution in [0.15, 0.2) is 24.3 Å². The van der Waals surface area contributed by atoms with E-state index in [9.17, 15) is 9.59 Å². The highest BCUT2D eigenvalue weighted by molar-refractivity contribution is 5.82. The largest absolute Gasteiger partial charge is 0.497 e. The van der Waals surface area contributed by atoms with E-state index in [0.29, 0.717) is 6.54 Å². The molecule has 0 aliphatic rings. The van der Waals surface area contributed by atoms with Crippen LogP contribution >= 0.6 is 0 Å². The minimum Gasteiger partial charge on any atom is -0.497 e. The number of carbonyl (C=O) groups excluding carboxylic acids is 2. The SMILES string of the molecule is COc1cccc(CNC(=O)[C@@H](C)OC(C)=O)c1. The van der Waals surface area contributed by atoms with Gasteiger partial charge in [-0.15, -0.1) is 0 Å². The van der Waals surface area contributed by atoms with Crippen LogP contribution in [0.4, 0.5) is 0 Å². The molecule has 5 heteroatoms. The van der Waals surface area contributed by atoms with Gasteiger partial charge in [-0.1, -0.05) is 12.1 Å². The van der Waals surface area contributed by atoms with E-state index >= 15 is 0 Å². The van der Waals surface area contributed by atoms with Crippen molar-refractivity contribution in [3.8, 4) is 5.75 Å². The highest BCUT2D eigenvalue weighted by Crippen LogP contribution is 2.12. The third-order valence-corrected chi connectivity index (χ3v) is 2.31. The summed E-state index contributed by atoms with van der Waals surface area (Å²) in [6.07, 6.45) is -0.784. The van der Waals surface area contributed by atoms with Gasteiger partial charge in [0.25, 0.3) is 5.91 Å². The van der Waals surface area contributed by atoms with Crippen molar-refractivity contribution in [2.24, 2.45) is 0 Å². The Balaban J connectivity index is 2.49. The average molecular weight is 251 g/mol. The zero-order valence-corrected chi connectivity index (χ0v) is 10.7. The summed E-state index contributed by atoms with van der Waals surface area (Å²) in [5.74, 6) is -0.0677. The predicted octanol–water partition coefficient (Wildman–Crippen LogP) is 1.26. The Kier molecular flexibility index (Phi) is 5.17. The summed E-state index contributed by atoms with van der Waals surface area (Å²) in [7, 11) is 1.58. The van der Waals surface area contributed by atoms with Gasteiger partial charge in [0.15, 0.2) is 6.10 Å². The molecule has 0 aliphatic heterocycles. The first-order chi connectivity index (χ1) is 8.52. The Morgan fingerprint density at radius 2 is 2.11 bits per heavy atom. The standard InChI is InChI=1S/C13H17NO4/c1-9(18-10(2)15)13(16)14-8-11-5-4-6-12(7-11)17-3/h4-7,9H,8H2,1-3H3,(H,14,16)/t9-/m1/s1. The van der Waals surface area contributed by atoms with Crippen LogP contribution in [0.1, 0.15) is 19.4 Å². The number of esters is 1. The fourth-order valence-electron chi connectivity index (χ4n) is 1.42. The molecule has 0 spiro atoms. The molecule has 0 saturated heterocycles. The molecule has 0 saturated carbocycles. The van der Waals surface area contributed by atoms with Crippen molar-refractivity contribution < 1.29 is 19.1 Å². The number of ether oxygens (including phenoxy) is 2. The summed E-state index contributed by atoms with van der Waals surface area (Å²) in [6, 6.07) is 7.37. The average Bonchev–Trinajstić information content (AvgIpc) is 2.35. The second-order valence-corrected chi connectivity index (χ2v) is 3.82. The third-order valence-electron chi connectivity index (χ3n) is 2.31. The molecule has 0 aliphatic carbocycles. The van der Waals surface area contributed by atoms with E-state index in [-0.39, 0.29) is 5.91 Å². The van der Waals surface area contributed by atoms with E-state index in [4.69, 9.17) is 9.47 Å². The lowest BCUT2D eigenvalue weighted by Crippen LogP contribution is -2.35. The molecule has 0 fully saturated rings. The van der Waals surface area contributed by atoms with Gasteiger partial charge in [0.05, 0.1) is 7.11 Å². The van der Waals surface area contributed by atoms with E-state index < -0.39 is 12.1 Å². The first kappa shape index (κ1) is 14.0. The lowest BCUT2D eigenvalue weighted by Gasteiger charge is -2.12.